The molecule has 0 spiro atoms. The number of rotatable bonds is 11. The van der Waals surface area contributed by atoms with E-state index >= 15 is 0 Å². The molecule has 0 aliphatic carbocycles. The largest absolute Gasteiger partial charge is 0.490 e. The Bertz CT molecular complexity index is 2000. The lowest BCUT2D eigenvalue weighted by Gasteiger charge is -2.35. The van der Waals surface area contributed by atoms with Crippen molar-refractivity contribution < 1.29 is 49.5 Å². The van der Waals surface area contributed by atoms with Crippen LogP contribution in [-0.2, 0) is 31.4 Å². The Morgan fingerprint density at radius 3 is 1.98 bits per heavy atom. The third-order valence-electron chi connectivity index (χ3n) is 7.47. The Balaban J connectivity index is 0.000000980. The summed E-state index contributed by atoms with van der Waals surface area (Å²) >= 11 is 12.2. The van der Waals surface area contributed by atoms with Crippen LogP contribution in [0.3, 0.4) is 0 Å². The van der Waals surface area contributed by atoms with E-state index < -0.39 is 44.1 Å². The fourth-order valence-corrected chi connectivity index (χ4v) is 7.18. The van der Waals surface area contributed by atoms with Gasteiger partial charge in [-0.3, -0.25) is 9.10 Å². The number of anilines is 3. The molecule has 1 aliphatic heterocycles. The van der Waals surface area contributed by atoms with E-state index in [-0.39, 0.29) is 48.9 Å². The first kappa shape index (κ1) is 43.1. The first-order valence-corrected chi connectivity index (χ1v) is 19.4. The number of carbonyl (C=O) groups is 3. The third-order valence-corrected chi connectivity index (χ3v) is 11.0. The molecule has 3 amide bonds. The minimum absolute atomic E-state index is 0.0325. The number of urea groups is 1. The summed E-state index contributed by atoms with van der Waals surface area (Å²) in [5.74, 6) is -3.39. The van der Waals surface area contributed by atoms with E-state index in [1.54, 1.807) is 24.3 Å². The molecule has 0 atom stereocenters. The molecule has 4 rings (SSSR count). The second-order valence-corrected chi connectivity index (χ2v) is 16.1. The van der Waals surface area contributed by atoms with E-state index in [2.05, 4.69) is 16.0 Å². The minimum atomic E-state index is -5.08. The quantitative estimate of drug-likeness (QED) is 0.190. The highest BCUT2D eigenvalue weighted by Gasteiger charge is 2.38. The first-order chi connectivity index (χ1) is 24.6. The molecule has 6 N–H and O–H groups in total. The number of carboxylic acid groups (broad SMARTS) is 1. The van der Waals surface area contributed by atoms with Gasteiger partial charge in [0.2, 0.25) is 20.0 Å². The number of nitrogens with zero attached hydrogens (tertiary/aromatic N) is 3. The fraction of sp³-hybridized carbons (Fsp3) is 0.323. The number of hydrogen-bond donors (Lipinski definition) is 5. The number of amides is 3. The van der Waals surface area contributed by atoms with Crippen LogP contribution >= 0.6 is 23.2 Å². The summed E-state index contributed by atoms with van der Waals surface area (Å²) in [5.41, 5.74) is 7.20. The molecule has 1 aliphatic rings. The molecule has 3 aromatic carbocycles. The Morgan fingerprint density at radius 2 is 1.47 bits per heavy atom. The van der Waals surface area contributed by atoms with Gasteiger partial charge in [-0.2, -0.15) is 17.5 Å². The molecule has 1 saturated heterocycles. The van der Waals surface area contributed by atoms with Gasteiger partial charge in [0.05, 0.1) is 22.4 Å². The predicted molar refractivity (Wildman–Crippen MR) is 195 cm³/mol. The summed E-state index contributed by atoms with van der Waals surface area (Å²) in [5, 5.41) is 16.0. The van der Waals surface area contributed by atoms with E-state index in [0.717, 1.165) is 16.2 Å². The van der Waals surface area contributed by atoms with Gasteiger partial charge in [0.1, 0.15) is 0 Å². The topological polar surface area (TPSA) is 212 Å². The third kappa shape index (κ3) is 12.4. The molecule has 1 heterocycles. The van der Waals surface area contributed by atoms with Crippen LogP contribution in [0, 0.1) is 0 Å². The first-order valence-electron chi connectivity index (χ1n) is 15.3. The molecule has 0 bridgehead atoms. The van der Waals surface area contributed by atoms with Crippen LogP contribution < -0.4 is 30.9 Å². The number of carbonyl (C=O) groups excluding carboxylic acids is 2. The van der Waals surface area contributed by atoms with Gasteiger partial charge in [-0.15, -0.1) is 0 Å². The number of nitrogens with one attached hydrogen (secondary N) is 3. The summed E-state index contributed by atoms with van der Waals surface area (Å²) < 4.78 is 85.5. The molecule has 53 heavy (non-hydrogen) atoms. The van der Waals surface area contributed by atoms with Crippen molar-refractivity contribution >= 4 is 78.2 Å². The molecule has 290 valence electrons. The molecule has 22 heteroatoms. The second kappa shape index (κ2) is 18.1. The molecule has 0 radical (unpaired) electrons. The van der Waals surface area contributed by atoms with Crippen LogP contribution in [0.1, 0.15) is 15.9 Å². The molecule has 3 aromatic rings. The van der Waals surface area contributed by atoms with Gasteiger partial charge in [0.15, 0.2) is 0 Å². The molecular weight excluding hydrogens is 790 g/mol. The normalized spacial score (nSPS) is 13.7. The number of nitrogens with two attached hydrogens (primary N) is 1. The average molecular weight is 827 g/mol. The monoisotopic (exact) mass is 825 g/mol. The van der Waals surface area contributed by atoms with Gasteiger partial charge in [-0.1, -0.05) is 29.3 Å². The van der Waals surface area contributed by atoms with Gasteiger partial charge in [-0.25, -0.2) is 26.4 Å². The Labute approximate surface area is 313 Å². The van der Waals surface area contributed by atoms with Crippen molar-refractivity contribution in [2.24, 2.45) is 5.73 Å². The highest BCUT2D eigenvalue weighted by Crippen LogP contribution is 2.28. The van der Waals surface area contributed by atoms with Gasteiger partial charge in [-0.05, 0) is 60.2 Å². The lowest BCUT2D eigenvalue weighted by molar-refractivity contribution is -0.192. The van der Waals surface area contributed by atoms with E-state index in [1.807, 2.05) is 4.90 Å². The maximum absolute atomic E-state index is 13.4. The molecule has 0 saturated carbocycles. The van der Waals surface area contributed by atoms with Crippen molar-refractivity contribution in [2.75, 3.05) is 67.1 Å². The van der Waals surface area contributed by atoms with Gasteiger partial charge >= 0.3 is 18.2 Å². The number of halogens is 5. The van der Waals surface area contributed by atoms with Crippen LogP contribution in [0.2, 0.25) is 10.0 Å². The van der Waals surface area contributed by atoms with E-state index in [9.17, 15) is 39.6 Å². The van der Waals surface area contributed by atoms with Gasteiger partial charge in [0.25, 0.3) is 5.91 Å². The molecule has 1 fully saturated rings. The SMILES string of the molecule is CN(c1ccc(CNC(=O)NCCN)cc1C(=O)Nc1ccc(S(=O)(=O)N2CCN(c3cc(Cl)cc(Cl)c3)CC2)cc1)S(C)(=O)=O.O=C(O)C(F)(F)F. The number of carboxylic acids is 1. The minimum Gasteiger partial charge on any atom is -0.475 e. The predicted octanol–water partition coefficient (Wildman–Crippen LogP) is 3.54. The van der Waals surface area contributed by atoms with Crippen LogP contribution in [0.25, 0.3) is 0 Å². The lowest BCUT2D eigenvalue weighted by Crippen LogP contribution is -2.48. The molecular formula is C31H36Cl2F3N7O8S2. The number of benzene rings is 3. The van der Waals surface area contributed by atoms with Crippen molar-refractivity contribution in [1.29, 1.82) is 0 Å². The number of sulfonamides is 2. The smallest absolute Gasteiger partial charge is 0.475 e. The summed E-state index contributed by atoms with van der Waals surface area (Å²) in [4.78, 5) is 36.3. The van der Waals surface area contributed by atoms with E-state index in [4.69, 9.17) is 38.8 Å². The summed E-state index contributed by atoms with van der Waals surface area (Å²) in [6.07, 6.45) is -4.07. The summed E-state index contributed by atoms with van der Waals surface area (Å²) in [6, 6.07) is 15.0. The van der Waals surface area contributed by atoms with Crippen molar-refractivity contribution in [3.63, 3.8) is 0 Å². The summed E-state index contributed by atoms with van der Waals surface area (Å²) in [6.45, 7) is 2.02. The highest BCUT2D eigenvalue weighted by molar-refractivity contribution is 7.92. The van der Waals surface area contributed by atoms with Gasteiger partial charge in [0, 0.05) is 74.3 Å². The lowest BCUT2D eigenvalue weighted by atomic mass is 10.1. The van der Waals surface area contributed by atoms with Crippen LogP contribution in [0.4, 0.5) is 35.0 Å². The van der Waals surface area contributed by atoms with Crippen molar-refractivity contribution in [2.45, 2.75) is 17.6 Å². The summed E-state index contributed by atoms with van der Waals surface area (Å²) in [7, 11) is -6.21. The van der Waals surface area contributed by atoms with Crippen molar-refractivity contribution in [3.8, 4) is 0 Å². The Kier molecular flexibility index (Phi) is 14.7. The zero-order chi connectivity index (χ0) is 39.7. The van der Waals surface area contributed by atoms with Crippen molar-refractivity contribution in [3.05, 3.63) is 81.8 Å². The average Bonchev–Trinajstić information content (AvgIpc) is 3.08. The van der Waals surface area contributed by atoms with Crippen LogP contribution in [0.5, 0.6) is 0 Å². The maximum atomic E-state index is 13.4. The Morgan fingerprint density at radius 1 is 0.906 bits per heavy atom. The van der Waals surface area contributed by atoms with E-state index in [0.29, 0.717) is 34.4 Å². The molecule has 0 aromatic heterocycles. The number of piperazine rings is 1. The molecule has 15 nitrogen and oxygen atoms in total. The zero-order valence-corrected chi connectivity index (χ0v) is 31.3. The van der Waals surface area contributed by atoms with E-state index in [1.165, 1.54) is 47.8 Å². The van der Waals surface area contributed by atoms with Crippen LogP contribution in [0.15, 0.2) is 65.6 Å². The molecule has 0 unspecified atom stereocenters. The standard InChI is InChI=1S/C29H35Cl2N7O6S2.C2HF3O2/c1-36(45(2,41)42)27-8-3-20(19-34-29(40)33-10-9-32)15-26(27)28(39)35-23-4-6-25(7-5-23)46(43,44)38-13-11-37(12-14-38)24-17-21(30)16-22(31)18-24;3-2(4,5)1(6)7/h3-8,15-18H,9-14,19,32H2,1-2H3,(H,35,39)(H2,33,34,40);(H,6,7). The van der Waals surface area contributed by atoms with Crippen molar-refractivity contribution in [1.82, 2.24) is 14.9 Å². The second-order valence-electron chi connectivity index (χ2n) is 11.3. The number of aliphatic carboxylic acids is 1. The fourth-order valence-electron chi connectivity index (χ4n) is 4.73. The number of alkyl halides is 3. The highest BCUT2D eigenvalue weighted by atomic mass is 35.5. The zero-order valence-electron chi connectivity index (χ0n) is 28.2. The Hall–Kier alpha value is -4.34. The van der Waals surface area contributed by atoms with Crippen LogP contribution in [-0.4, -0.2) is 103 Å². The maximum Gasteiger partial charge on any atom is 0.490 e. The number of hydrogen-bond acceptors (Lipinski definition) is 9. The van der Waals surface area contributed by atoms with Gasteiger partial charge < -0.3 is 31.7 Å².